The topological polar surface area (TPSA) is 61.4 Å². The maximum Gasteiger partial charge on any atom is 0.256 e. The van der Waals surface area contributed by atoms with Gasteiger partial charge in [0.2, 0.25) is 5.91 Å². The molecule has 0 saturated carbocycles. The van der Waals surface area contributed by atoms with Gasteiger partial charge < -0.3 is 15.5 Å². The third-order valence-corrected chi connectivity index (χ3v) is 5.50. The van der Waals surface area contributed by atoms with Crippen molar-refractivity contribution in [2.24, 2.45) is 11.8 Å². The van der Waals surface area contributed by atoms with Crippen molar-refractivity contribution in [1.29, 1.82) is 0 Å². The van der Waals surface area contributed by atoms with Crippen LogP contribution in [-0.4, -0.2) is 42.4 Å². The molecule has 2 saturated heterocycles. The molecule has 2 aliphatic heterocycles. The third-order valence-electron chi connectivity index (χ3n) is 5.00. The lowest BCUT2D eigenvalue weighted by Gasteiger charge is -2.35. The Kier molecular flexibility index (Phi) is 5.79. The summed E-state index contributed by atoms with van der Waals surface area (Å²) in [6.45, 7) is 6.78. The monoisotopic (exact) mass is 407 g/mol. The van der Waals surface area contributed by atoms with Crippen molar-refractivity contribution in [1.82, 2.24) is 10.2 Å². The summed E-state index contributed by atoms with van der Waals surface area (Å²) in [5.41, 5.74) is 1.15. The maximum atomic E-state index is 13.1. The first-order chi connectivity index (χ1) is 11.9. The molecule has 2 heterocycles. The summed E-state index contributed by atoms with van der Waals surface area (Å²) in [5.74, 6) is 0.935. The van der Waals surface area contributed by atoms with E-state index in [1.54, 1.807) is 6.07 Å². The number of carbonyl (C=O) groups excluding carboxylic acids is 2. The lowest BCUT2D eigenvalue weighted by molar-refractivity contribution is -0.117. The van der Waals surface area contributed by atoms with Crippen LogP contribution in [0.5, 0.6) is 0 Å². The van der Waals surface area contributed by atoms with E-state index in [-0.39, 0.29) is 17.9 Å². The van der Waals surface area contributed by atoms with Gasteiger partial charge in [0.05, 0.1) is 17.3 Å². The standard InChI is InChI=1S/C19H26BrN3O2/c1-12-8-13(2)11-23(10-12)19(25)15-9-14(20)5-6-16(15)22-18(24)17-4-3-7-21-17/h5-6,9,12-13,17,21H,3-4,7-8,10-11H2,1-2H3,(H,22,24)/t12-,13+,17-/m0/s1. The average molecular weight is 408 g/mol. The molecule has 1 aromatic rings. The van der Waals surface area contributed by atoms with Crippen LogP contribution in [0.1, 0.15) is 43.5 Å². The molecular weight excluding hydrogens is 382 g/mol. The molecular formula is C19H26BrN3O2. The van der Waals surface area contributed by atoms with E-state index in [1.807, 2.05) is 17.0 Å². The van der Waals surface area contributed by atoms with Crippen LogP contribution >= 0.6 is 15.9 Å². The van der Waals surface area contributed by atoms with Crippen molar-refractivity contribution in [3.8, 4) is 0 Å². The number of likely N-dealkylation sites (tertiary alicyclic amines) is 1. The van der Waals surface area contributed by atoms with Crippen LogP contribution in [0, 0.1) is 11.8 Å². The number of rotatable bonds is 3. The summed E-state index contributed by atoms with van der Waals surface area (Å²) >= 11 is 3.45. The number of anilines is 1. The Morgan fingerprint density at radius 3 is 2.60 bits per heavy atom. The second-order valence-corrected chi connectivity index (χ2v) is 8.40. The van der Waals surface area contributed by atoms with Gasteiger partial charge >= 0.3 is 0 Å². The van der Waals surface area contributed by atoms with E-state index in [0.717, 1.165) is 43.4 Å². The van der Waals surface area contributed by atoms with E-state index in [4.69, 9.17) is 0 Å². The average Bonchev–Trinajstić information content (AvgIpc) is 3.09. The van der Waals surface area contributed by atoms with E-state index < -0.39 is 0 Å². The van der Waals surface area contributed by atoms with Crippen molar-refractivity contribution in [3.05, 3.63) is 28.2 Å². The smallest absolute Gasteiger partial charge is 0.256 e. The highest BCUT2D eigenvalue weighted by atomic mass is 79.9. The molecule has 2 fully saturated rings. The zero-order valence-electron chi connectivity index (χ0n) is 14.8. The molecule has 3 rings (SSSR count). The first kappa shape index (κ1) is 18.4. The highest BCUT2D eigenvalue weighted by Crippen LogP contribution is 2.27. The highest BCUT2D eigenvalue weighted by molar-refractivity contribution is 9.10. The molecule has 2 N–H and O–H groups in total. The van der Waals surface area contributed by atoms with E-state index in [9.17, 15) is 9.59 Å². The molecule has 25 heavy (non-hydrogen) atoms. The fraction of sp³-hybridized carbons (Fsp3) is 0.579. The number of carbonyl (C=O) groups is 2. The molecule has 2 aliphatic rings. The number of hydrogen-bond donors (Lipinski definition) is 2. The summed E-state index contributed by atoms with van der Waals surface area (Å²) in [4.78, 5) is 27.5. The summed E-state index contributed by atoms with van der Waals surface area (Å²) in [6, 6.07) is 5.31. The normalized spacial score (nSPS) is 26.5. The number of piperidine rings is 1. The number of nitrogens with one attached hydrogen (secondary N) is 2. The van der Waals surface area contributed by atoms with Crippen LogP contribution in [0.15, 0.2) is 22.7 Å². The van der Waals surface area contributed by atoms with Crippen LogP contribution in [0.25, 0.3) is 0 Å². The molecule has 0 aliphatic carbocycles. The first-order valence-electron chi connectivity index (χ1n) is 9.07. The minimum absolute atomic E-state index is 0.00520. The van der Waals surface area contributed by atoms with Crippen molar-refractivity contribution in [2.75, 3.05) is 25.0 Å². The lowest BCUT2D eigenvalue weighted by atomic mass is 9.91. The summed E-state index contributed by atoms with van der Waals surface area (Å²) in [5, 5.41) is 6.15. The quantitative estimate of drug-likeness (QED) is 0.807. The van der Waals surface area contributed by atoms with Gasteiger partial charge in [-0.05, 0) is 55.8 Å². The number of hydrogen-bond acceptors (Lipinski definition) is 3. The predicted octanol–water partition coefficient (Wildman–Crippen LogP) is 3.26. The van der Waals surface area contributed by atoms with E-state index in [1.165, 1.54) is 0 Å². The van der Waals surface area contributed by atoms with Crippen LogP contribution in [0.3, 0.4) is 0 Å². The van der Waals surface area contributed by atoms with Gasteiger partial charge in [-0.15, -0.1) is 0 Å². The Labute approximate surface area is 157 Å². The van der Waals surface area contributed by atoms with Gasteiger partial charge in [-0.2, -0.15) is 0 Å². The predicted molar refractivity (Wildman–Crippen MR) is 103 cm³/mol. The number of halogens is 1. The molecule has 0 spiro atoms. The van der Waals surface area contributed by atoms with E-state index in [0.29, 0.717) is 23.1 Å². The van der Waals surface area contributed by atoms with Crippen LogP contribution in [0.2, 0.25) is 0 Å². The lowest BCUT2D eigenvalue weighted by Crippen LogP contribution is -2.43. The summed E-state index contributed by atoms with van der Waals surface area (Å²) < 4.78 is 0.839. The maximum absolute atomic E-state index is 13.1. The Bertz CT molecular complexity index is 648. The second kappa shape index (κ2) is 7.87. The minimum atomic E-state index is -0.165. The molecule has 1 aromatic carbocycles. The molecule has 0 bridgehead atoms. The van der Waals surface area contributed by atoms with Crippen molar-refractivity contribution < 1.29 is 9.59 Å². The number of benzene rings is 1. The van der Waals surface area contributed by atoms with Gasteiger partial charge in [0.1, 0.15) is 0 Å². The molecule has 2 amide bonds. The van der Waals surface area contributed by atoms with Gasteiger partial charge in [0.25, 0.3) is 5.91 Å². The molecule has 0 radical (unpaired) electrons. The van der Waals surface area contributed by atoms with E-state index in [2.05, 4.69) is 40.4 Å². The highest BCUT2D eigenvalue weighted by Gasteiger charge is 2.29. The van der Waals surface area contributed by atoms with Crippen LogP contribution in [-0.2, 0) is 4.79 Å². The minimum Gasteiger partial charge on any atom is -0.338 e. The van der Waals surface area contributed by atoms with Gasteiger partial charge in [0.15, 0.2) is 0 Å². The zero-order chi connectivity index (χ0) is 18.0. The SMILES string of the molecule is C[C@@H]1C[C@H](C)CN(C(=O)c2cc(Br)ccc2NC(=O)[C@@H]2CCCN2)C1. The number of nitrogens with zero attached hydrogens (tertiary/aromatic N) is 1. The van der Waals surface area contributed by atoms with Gasteiger partial charge in [0, 0.05) is 17.6 Å². The second-order valence-electron chi connectivity index (χ2n) is 7.48. The Hall–Kier alpha value is -1.40. The molecule has 0 unspecified atom stereocenters. The van der Waals surface area contributed by atoms with Crippen molar-refractivity contribution >= 4 is 33.4 Å². The zero-order valence-corrected chi connectivity index (χ0v) is 16.4. The third kappa shape index (κ3) is 4.42. The van der Waals surface area contributed by atoms with Crippen LogP contribution in [0.4, 0.5) is 5.69 Å². The Balaban J connectivity index is 1.80. The Morgan fingerprint density at radius 1 is 1.24 bits per heavy atom. The molecule has 136 valence electrons. The molecule has 6 heteroatoms. The van der Waals surface area contributed by atoms with Gasteiger partial charge in [-0.3, -0.25) is 9.59 Å². The fourth-order valence-corrected chi connectivity index (χ4v) is 4.29. The molecule has 0 aromatic heterocycles. The molecule has 5 nitrogen and oxygen atoms in total. The van der Waals surface area contributed by atoms with Crippen molar-refractivity contribution in [3.63, 3.8) is 0 Å². The summed E-state index contributed by atoms with van der Waals surface area (Å²) in [6.07, 6.45) is 3.00. The number of amides is 2. The Morgan fingerprint density at radius 2 is 1.96 bits per heavy atom. The first-order valence-corrected chi connectivity index (χ1v) is 9.86. The van der Waals surface area contributed by atoms with Gasteiger partial charge in [-0.1, -0.05) is 29.8 Å². The summed E-state index contributed by atoms with van der Waals surface area (Å²) in [7, 11) is 0. The largest absolute Gasteiger partial charge is 0.338 e. The van der Waals surface area contributed by atoms with Crippen molar-refractivity contribution in [2.45, 2.75) is 39.2 Å². The van der Waals surface area contributed by atoms with E-state index >= 15 is 0 Å². The fourth-order valence-electron chi connectivity index (χ4n) is 3.93. The van der Waals surface area contributed by atoms with Gasteiger partial charge in [-0.25, -0.2) is 0 Å². The molecule has 3 atom stereocenters. The van der Waals surface area contributed by atoms with Crippen LogP contribution < -0.4 is 10.6 Å².